The first kappa shape index (κ1) is 26.2. The van der Waals surface area contributed by atoms with Crippen molar-refractivity contribution in [3.63, 3.8) is 0 Å². The number of amides is 2. The molecule has 1 aromatic heterocycles. The van der Waals surface area contributed by atoms with Gasteiger partial charge in [0.15, 0.2) is 0 Å². The third-order valence-corrected chi connectivity index (χ3v) is 7.62. The summed E-state index contributed by atoms with van der Waals surface area (Å²) in [5.41, 5.74) is 11.0. The summed E-state index contributed by atoms with van der Waals surface area (Å²) in [6, 6.07) is 19.7. The second kappa shape index (κ2) is 11.2. The summed E-state index contributed by atoms with van der Waals surface area (Å²) in [7, 11) is 0. The van der Waals surface area contributed by atoms with Crippen molar-refractivity contribution in [2.75, 3.05) is 50.4 Å². The van der Waals surface area contributed by atoms with E-state index in [0.29, 0.717) is 54.9 Å². The quantitative estimate of drug-likeness (QED) is 0.302. The Kier molecular flexibility index (Phi) is 7.34. The highest BCUT2D eigenvalue weighted by Crippen LogP contribution is 2.39. The Labute approximate surface area is 236 Å². The molecule has 4 aromatic rings. The van der Waals surface area contributed by atoms with E-state index in [2.05, 4.69) is 15.2 Å². The van der Waals surface area contributed by atoms with Gasteiger partial charge in [-0.2, -0.15) is 0 Å². The second-order valence-corrected chi connectivity index (χ2v) is 10.5. The lowest BCUT2D eigenvalue weighted by Gasteiger charge is -2.35. The van der Waals surface area contributed by atoms with Gasteiger partial charge in [0.25, 0.3) is 0 Å². The van der Waals surface area contributed by atoms with E-state index in [1.807, 2.05) is 42.5 Å². The van der Waals surface area contributed by atoms with Gasteiger partial charge >= 0.3 is 6.09 Å². The molecule has 40 heavy (non-hydrogen) atoms. The number of morpholine rings is 1. The lowest BCUT2D eigenvalue weighted by Crippen LogP contribution is -2.42. The molecule has 2 amide bonds. The van der Waals surface area contributed by atoms with Crippen molar-refractivity contribution in [1.82, 2.24) is 14.8 Å². The number of nitrogens with two attached hydrogens (primary N) is 1. The molecular formula is C30H30ClN5O4. The number of nitrogens with one attached hydrogen (secondary N) is 2. The highest BCUT2D eigenvalue weighted by molar-refractivity contribution is 6.31. The molecular weight excluding hydrogens is 530 g/mol. The lowest BCUT2D eigenvalue weighted by atomic mass is 9.92. The molecule has 2 aliphatic heterocycles. The minimum atomic E-state index is -0.458. The molecule has 1 unspecified atom stereocenters. The number of aromatic amines is 1. The second-order valence-electron chi connectivity index (χ2n) is 10.0. The summed E-state index contributed by atoms with van der Waals surface area (Å²) in [5.74, 6) is 0.348. The van der Waals surface area contributed by atoms with Crippen LogP contribution in [0.15, 0.2) is 66.7 Å². The molecule has 3 aromatic carbocycles. The minimum absolute atomic E-state index is 0.0733. The molecule has 1 atom stereocenters. The summed E-state index contributed by atoms with van der Waals surface area (Å²) in [6.07, 6.45) is 0.193. The molecule has 1 saturated heterocycles. The third-order valence-electron chi connectivity index (χ3n) is 7.39. The van der Waals surface area contributed by atoms with E-state index in [1.165, 1.54) is 0 Å². The molecule has 0 bridgehead atoms. The number of carbonyl (C=O) groups is 2. The van der Waals surface area contributed by atoms with Crippen molar-refractivity contribution < 1.29 is 19.1 Å². The van der Waals surface area contributed by atoms with Crippen LogP contribution in [0.25, 0.3) is 10.9 Å². The van der Waals surface area contributed by atoms with Gasteiger partial charge in [0.2, 0.25) is 5.91 Å². The molecule has 0 radical (unpaired) electrons. The highest BCUT2D eigenvalue weighted by atomic mass is 35.5. The third kappa shape index (κ3) is 5.49. The number of hydrogen-bond donors (Lipinski definition) is 3. The summed E-state index contributed by atoms with van der Waals surface area (Å²) >= 11 is 6.32. The zero-order valence-corrected chi connectivity index (χ0v) is 22.6. The van der Waals surface area contributed by atoms with E-state index >= 15 is 0 Å². The summed E-state index contributed by atoms with van der Waals surface area (Å²) in [5, 5.41) is 4.69. The van der Waals surface area contributed by atoms with Gasteiger partial charge in [-0.05, 0) is 72.1 Å². The number of fused-ring (bicyclic) bond motifs is 3. The number of anilines is 2. The molecule has 9 nitrogen and oxygen atoms in total. The number of carbonyl (C=O) groups excluding carboxylic acids is 2. The fourth-order valence-corrected chi connectivity index (χ4v) is 5.58. The van der Waals surface area contributed by atoms with Crippen molar-refractivity contribution in [3.8, 4) is 5.75 Å². The van der Waals surface area contributed by atoms with E-state index < -0.39 is 12.1 Å². The van der Waals surface area contributed by atoms with Gasteiger partial charge in [-0.25, -0.2) is 4.79 Å². The number of nitrogens with zero attached hydrogens (tertiary/aromatic N) is 2. The number of ether oxygens (including phenoxy) is 2. The van der Waals surface area contributed by atoms with E-state index in [4.69, 9.17) is 26.8 Å². The number of hydrogen-bond acceptors (Lipinski definition) is 6. The maximum absolute atomic E-state index is 13.5. The zero-order chi connectivity index (χ0) is 27.6. The predicted molar refractivity (Wildman–Crippen MR) is 155 cm³/mol. The van der Waals surface area contributed by atoms with Crippen LogP contribution in [0.3, 0.4) is 0 Å². The molecule has 206 valence electrons. The van der Waals surface area contributed by atoms with Crippen molar-refractivity contribution in [3.05, 3.63) is 88.6 Å². The summed E-state index contributed by atoms with van der Waals surface area (Å²) in [4.78, 5) is 33.4. The topological polar surface area (TPSA) is 113 Å². The molecule has 10 heteroatoms. The van der Waals surface area contributed by atoms with Crippen molar-refractivity contribution in [2.24, 2.45) is 0 Å². The number of rotatable bonds is 5. The van der Waals surface area contributed by atoms with Crippen molar-refractivity contribution in [1.29, 1.82) is 0 Å². The number of aromatic nitrogens is 1. The Hall–Kier alpha value is -4.05. The SMILES string of the molecule is Nc1ccc(OC(=O)N2CCc3c([nH]c4ccc(Cl)cc34)C2c2ccc(NC(=O)CN3CCOCC3)cc2)cc1. The Balaban J connectivity index is 1.28. The van der Waals surface area contributed by atoms with Crippen LogP contribution < -0.4 is 15.8 Å². The van der Waals surface area contributed by atoms with Crippen LogP contribution in [0.4, 0.5) is 16.2 Å². The van der Waals surface area contributed by atoms with Crippen LogP contribution in [-0.4, -0.2) is 66.2 Å². The molecule has 0 aliphatic carbocycles. The Morgan fingerprint density at radius 2 is 1.77 bits per heavy atom. The first-order valence-electron chi connectivity index (χ1n) is 13.3. The van der Waals surface area contributed by atoms with Crippen molar-refractivity contribution >= 4 is 45.9 Å². The smallest absolute Gasteiger partial charge is 0.410 e. The Morgan fingerprint density at radius 3 is 2.52 bits per heavy atom. The highest BCUT2D eigenvalue weighted by Gasteiger charge is 2.35. The van der Waals surface area contributed by atoms with Gasteiger partial charge in [0.05, 0.1) is 19.8 Å². The maximum Gasteiger partial charge on any atom is 0.416 e. The lowest BCUT2D eigenvalue weighted by molar-refractivity contribution is -0.118. The Morgan fingerprint density at radius 1 is 1.02 bits per heavy atom. The van der Waals surface area contributed by atoms with Gasteiger partial charge in [0.1, 0.15) is 11.8 Å². The zero-order valence-electron chi connectivity index (χ0n) is 21.9. The first-order valence-corrected chi connectivity index (χ1v) is 13.7. The average Bonchev–Trinajstić information content (AvgIpc) is 3.32. The molecule has 2 aliphatic rings. The van der Waals surface area contributed by atoms with E-state index in [-0.39, 0.29) is 5.91 Å². The number of benzene rings is 3. The van der Waals surface area contributed by atoms with Crippen LogP contribution in [0.5, 0.6) is 5.75 Å². The molecule has 6 rings (SSSR count). The molecule has 3 heterocycles. The fraction of sp³-hybridized carbons (Fsp3) is 0.267. The monoisotopic (exact) mass is 559 g/mol. The maximum atomic E-state index is 13.5. The molecule has 1 fully saturated rings. The minimum Gasteiger partial charge on any atom is -0.410 e. The van der Waals surface area contributed by atoms with Gasteiger partial charge in [0, 0.05) is 52.6 Å². The number of H-pyrrole nitrogens is 1. The van der Waals surface area contributed by atoms with E-state index in [1.54, 1.807) is 29.2 Å². The van der Waals surface area contributed by atoms with E-state index in [9.17, 15) is 9.59 Å². The largest absolute Gasteiger partial charge is 0.416 e. The number of halogens is 1. The molecule has 0 spiro atoms. The fourth-order valence-electron chi connectivity index (χ4n) is 5.41. The van der Waals surface area contributed by atoms with Crippen LogP contribution in [0.2, 0.25) is 5.02 Å². The van der Waals surface area contributed by atoms with Crippen LogP contribution in [-0.2, 0) is 16.0 Å². The van der Waals surface area contributed by atoms with Crippen LogP contribution >= 0.6 is 11.6 Å². The van der Waals surface area contributed by atoms with Gasteiger partial charge < -0.3 is 25.5 Å². The van der Waals surface area contributed by atoms with Crippen LogP contribution in [0, 0.1) is 0 Å². The summed E-state index contributed by atoms with van der Waals surface area (Å²) in [6.45, 7) is 3.55. The van der Waals surface area contributed by atoms with Gasteiger partial charge in [-0.3, -0.25) is 14.6 Å². The number of nitrogen functional groups attached to an aromatic ring is 1. The van der Waals surface area contributed by atoms with E-state index in [0.717, 1.165) is 40.8 Å². The predicted octanol–water partition coefficient (Wildman–Crippen LogP) is 4.82. The normalized spacial score (nSPS) is 17.4. The first-order chi connectivity index (χ1) is 19.4. The average molecular weight is 560 g/mol. The van der Waals surface area contributed by atoms with Gasteiger partial charge in [-0.15, -0.1) is 0 Å². The molecule has 4 N–H and O–H groups in total. The van der Waals surface area contributed by atoms with Gasteiger partial charge in [-0.1, -0.05) is 23.7 Å². The van der Waals surface area contributed by atoms with Crippen LogP contribution in [0.1, 0.15) is 22.9 Å². The Bertz CT molecular complexity index is 1530. The summed E-state index contributed by atoms with van der Waals surface area (Å²) < 4.78 is 11.1. The molecule has 0 saturated carbocycles. The standard InChI is InChI=1S/C30H30ClN5O4/c31-20-3-10-26-25(17-20)24-11-12-36(30(38)40-23-8-4-21(32)5-9-23)29(28(24)34-26)19-1-6-22(7-2-19)33-27(37)18-35-13-15-39-16-14-35/h1-10,17,29,34H,11-16,18,32H2,(H,33,37). The van der Waals surface area contributed by atoms with Crippen molar-refractivity contribution in [2.45, 2.75) is 12.5 Å².